The summed E-state index contributed by atoms with van der Waals surface area (Å²) in [6.45, 7) is 13.2. The van der Waals surface area contributed by atoms with E-state index in [4.69, 9.17) is 15.0 Å². The van der Waals surface area contributed by atoms with Crippen LogP contribution in [0.2, 0.25) is 0 Å². The first-order valence-electron chi connectivity index (χ1n) is 19.0. The number of benzene rings is 6. The molecule has 0 spiro atoms. The summed E-state index contributed by atoms with van der Waals surface area (Å²) in [5.41, 5.74) is 16.8. The molecule has 0 amide bonds. The molecule has 6 nitrogen and oxygen atoms in total. The number of nitrogens with zero attached hydrogens (tertiary/aromatic N) is 6. The zero-order valence-corrected chi connectivity index (χ0v) is 32.7. The van der Waals surface area contributed by atoms with Gasteiger partial charge in [-0.1, -0.05) is 120 Å². The van der Waals surface area contributed by atoms with Crippen molar-refractivity contribution in [3.63, 3.8) is 0 Å². The van der Waals surface area contributed by atoms with Gasteiger partial charge in [-0.3, -0.25) is 4.90 Å². The summed E-state index contributed by atoms with van der Waals surface area (Å²) in [6.07, 6.45) is 3.34. The highest BCUT2D eigenvalue weighted by Crippen LogP contribution is 2.44. The first-order valence-corrected chi connectivity index (χ1v) is 19.0. The van der Waals surface area contributed by atoms with Gasteiger partial charge in [0, 0.05) is 34.8 Å². The maximum absolute atomic E-state index is 5.21. The Balaban J connectivity index is 1.28. The van der Waals surface area contributed by atoms with Crippen molar-refractivity contribution in [1.29, 1.82) is 0 Å². The van der Waals surface area contributed by atoms with E-state index in [1.807, 2.05) is 48.5 Å². The van der Waals surface area contributed by atoms with Gasteiger partial charge in [-0.2, -0.15) is 0 Å². The van der Waals surface area contributed by atoms with E-state index in [1.54, 1.807) is 12.5 Å². The summed E-state index contributed by atoms with van der Waals surface area (Å²) >= 11 is 0. The third-order valence-electron chi connectivity index (χ3n) is 10.1. The molecule has 8 rings (SSSR count). The fourth-order valence-electron chi connectivity index (χ4n) is 7.85. The van der Waals surface area contributed by atoms with Crippen LogP contribution in [0.4, 0.5) is 34.4 Å². The average molecular weight is 729 g/mol. The fourth-order valence-corrected chi connectivity index (χ4v) is 7.85. The lowest BCUT2D eigenvalue weighted by molar-refractivity contribution is 1.07. The van der Waals surface area contributed by atoms with E-state index < -0.39 is 0 Å². The predicted octanol–water partition coefficient (Wildman–Crippen LogP) is 13.1. The van der Waals surface area contributed by atoms with Crippen molar-refractivity contribution in [3.8, 4) is 33.8 Å². The second-order valence-corrected chi connectivity index (χ2v) is 14.5. The topological polar surface area (TPSA) is 58.0 Å². The molecule has 2 heterocycles. The minimum Gasteiger partial charge on any atom is -0.309 e. The molecule has 0 radical (unpaired) electrons. The molecule has 274 valence electrons. The molecule has 0 atom stereocenters. The first-order chi connectivity index (χ1) is 27.2. The molecule has 0 aliphatic rings. The van der Waals surface area contributed by atoms with Crippen LogP contribution in [0, 0.1) is 41.5 Å². The lowest BCUT2D eigenvalue weighted by atomic mass is 9.98. The zero-order chi connectivity index (χ0) is 38.8. The van der Waals surface area contributed by atoms with Crippen LogP contribution in [0.5, 0.6) is 0 Å². The summed E-state index contributed by atoms with van der Waals surface area (Å²) in [6, 6.07) is 50.8. The third kappa shape index (κ3) is 7.29. The summed E-state index contributed by atoms with van der Waals surface area (Å²) in [7, 11) is 0. The normalized spacial score (nSPS) is 11.0. The molecule has 0 bridgehead atoms. The lowest BCUT2D eigenvalue weighted by Gasteiger charge is -2.32. The van der Waals surface area contributed by atoms with E-state index in [1.165, 1.54) is 50.3 Å². The van der Waals surface area contributed by atoms with E-state index in [-0.39, 0.29) is 0 Å². The van der Waals surface area contributed by atoms with E-state index in [0.717, 1.165) is 33.8 Å². The van der Waals surface area contributed by atoms with Gasteiger partial charge in [0.05, 0.1) is 17.1 Å². The maximum Gasteiger partial charge on any atom is 0.162 e. The SMILES string of the molecule is Cc1cc(C)c(N(c2ccc(N(c3ccncn3)c3cc(-c4ccc(-c5ccccc5)cc4)nc(-c4ccccc4)n3)cc2)c2c(C)cc(C)cc2C)c(C)c1. The number of hydrogen-bond donors (Lipinski definition) is 0. The number of rotatable bonds is 9. The molecule has 0 unspecified atom stereocenters. The number of aromatic nitrogens is 4. The molecule has 0 saturated carbocycles. The maximum atomic E-state index is 5.21. The van der Waals surface area contributed by atoms with Gasteiger partial charge < -0.3 is 4.90 Å². The van der Waals surface area contributed by atoms with Crippen LogP contribution in [0.15, 0.2) is 158 Å². The Morgan fingerprint density at radius 1 is 0.411 bits per heavy atom. The minimum atomic E-state index is 0.628. The van der Waals surface area contributed by atoms with E-state index in [9.17, 15) is 0 Å². The summed E-state index contributed by atoms with van der Waals surface area (Å²) in [4.78, 5) is 23.8. The van der Waals surface area contributed by atoms with E-state index >= 15 is 0 Å². The molecule has 0 fully saturated rings. The van der Waals surface area contributed by atoms with Crippen LogP contribution >= 0.6 is 0 Å². The largest absolute Gasteiger partial charge is 0.309 e. The van der Waals surface area contributed by atoms with Gasteiger partial charge in [0.15, 0.2) is 5.82 Å². The molecule has 56 heavy (non-hydrogen) atoms. The quantitative estimate of drug-likeness (QED) is 0.147. The van der Waals surface area contributed by atoms with Crippen LogP contribution in [-0.4, -0.2) is 19.9 Å². The number of anilines is 6. The van der Waals surface area contributed by atoms with Crippen molar-refractivity contribution < 1.29 is 0 Å². The molecular weight excluding hydrogens is 685 g/mol. The Hall–Kier alpha value is -6.92. The zero-order valence-electron chi connectivity index (χ0n) is 32.7. The molecule has 0 aliphatic carbocycles. The van der Waals surface area contributed by atoms with Crippen molar-refractivity contribution in [2.45, 2.75) is 41.5 Å². The molecule has 6 heteroatoms. The van der Waals surface area contributed by atoms with Crippen molar-refractivity contribution in [1.82, 2.24) is 19.9 Å². The van der Waals surface area contributed by atoms with Crippen LogP contribution in [0.1, 0.15) is 33.4 Å². The molecule has 6 aromatic carbocycles. The highest BCUT2D eigenvalue weighted by atomic mass is 15.3. The summed E-state index contributed by atoms with van der Waals surface area (Å²) < 4.78 is 0. The second-order valence-electron chi connectivity index (χ2n) is 14.5. The van der Waals surface area contributed by atoms with Crippen LogP contribution in [0.3, 0.4) is 0 Å². The Morgan fingerprint density at radius 2 is 0.893 bits per heavy atom. The van der Waals surface area contributed by atoms with Crippen molar-refractivity contribution in [3.05, 3.63) is 191 Å². The van der Waals surface area contributed by atoms with Crippen molar-refractivity contribution in [2.24, 2.45) is 0 Å². The van der Waals surface area contributed by atoms with Crippen LogP contribution in [-0.2, 0) is 0 Å². The Bertz CT molecular complexity index is 2520. The van der Waals surface area contributed by atoms with Gasteiger partial charge in [0.25, 0.3) is 0 Å². The van der Waals surface area contributed by atoms with E-state index in [2.05, 4.69) is 153 Å². The number of aryl methyl sites for hydroxylation is 6. The van der Waals surface area contributed by atoms with Crippen LogP contribution in [0.25, 0.3) is 33.8 Å². The fraction of sp³-hybridized carbons (Fsp3) is 0.120. The molecule has 0 aliphatic heterocycles. The summed E-state index contributed by atoms with van der Waals surface area (Å²) in [5.74, 6) is 2.02. The molecule has 0 N–H and O–H groups in total. The molecule has 0 saturated heterocycles. The van der Waals surface area contributed by atoms with Gasteiger partial charge >= 0.3 is 0 Å². The molecule has 8 aromatic rings. The number of hydrogen-bond acceptors (Lipinski definition) is 6. The molecular formula is C50H44N6. The second kappa shape index (κ2) is 15.4. The highest BCUT2D eigenvalue weighted by molar-refractivity contribution is 5.86. The van der Waals surface area contributed by atoms with Gasteiger partial charge in [-0.25, -0.2) is 19.9 Å². The molecule has 2 aromatic heterocycles. The minimum absolute atomic E-state index is 0.628. The van der Waals surface area contributed by atoms with Crippen molar-refractivity contribution >= 4 is 34.4 Å². The monoisotopic (exact) mass is 728 g/mol. The van der Waals surface area contributed by atoms with Gasteiger partial charge in [0.2, 0.25) is 0 Å². The first kappa shape index (κ1) is 36.1. The predicted molar refractivity (Wildman–Crippen MR) is 232 cm³/mol. The van der Waals surface area contributed by atoms with Gasteiger partial charge in [-0.05, 0) is 105 Å². The standard InChI is InChI=1S/C50H44N6/c1-33-27-35(3)48(36(4)28-33)56(49-37(5)29-34(2)30-38(49)6)44-23-21-43(22-24-44)55(46-25-26-51-32-52-46)47-31-45(53-50(54-47)42-15-11-8-12-16-42)41-19-17-40(18-20-41)39-13-9-7-10-14-39/h7-32H,1-6H3. The van der Waals surface area contributed by atoms with Gasteiger partial charge in [0.1, 0.15) is 18.0 Å². The lowest BCUT2D eigenvalue weighted by Crippen LogP contribution is -2.17. The Labute approximate surface area is 329 Å². The highest BCUT2D eigenvalue weighted by Gasteiger charge is 2.23. The summed E-state index contributed by atoms with van der Waals surface area (Å²) in [5, 5.41) is 0. The van der Waals surface area contributed by atoms with E-state index in [0.29, 0.717) is 17.5 Å². The average Bonchev–Trinajstić information content (AvgIpc) is 3.21. The van der Waals surface area contributed by atoms with Gasteiger partial charge in [-0.15, -0.1) is 0 Å². The smallest absolute Gasteiger partial charge is 0.162 e. The van der Waals surface area contributed by atoms with Crippen LogP contribution < -0.4 is 9.80 Å². The van der Waals surface area contributed by atoms with Crippen molar-refractivity contribution in [2.75, 3.05) is 9.80 Å². The Morgan fingerprint density at radius 3 is 1.41 bits per heavy atom. The third-order valence-corrected chi connectivity index (χ3v) is 10.1. The Kier molecular flexibility index (Phi) is 9.95.